The Labute approximate surface area is 102 Å². The molecule has 1 amide bonds. The Kier molecular flexibility index (Phi) is 3.20. The van der Waals surface area contributed by atoms with Gasteiger partial charge in [-0.25, -0.2) is 0 Å². The van der Waals surface area contributed by atoms with Gasteiger partial charge >= 0.3 is 0 Å². The van der Waals surface area contributed by atoms with Gasteiger partial charge in [-0.15, -0.1) is 0 Å². The first-order valence-electron chi connectivity index (χ1n) is 6.05. The van der Waals surface area contributed by atoms with Gasteiger partial charge in [-0.2, -0.15) is 0 Å². The maximum atomic E-state index is 12.4. The molecule has 2 rings (SSSR count). The topological polar surface area (TPSA) is 40.5 Å². The van der Waals surface area contributed by atoms with Crippen LogP contribution in [-0.2, 0) is 10.2 Å². The molecule has 1 fully saturated rings. The fourth-order valence-corrected chi connectivity index (χ4v) is 2.17. The van der Waals surface area contributed by atoms with Crippen LogP contribution < -0.4 is 0 Å². The van der Waals surface area contributed by atoms with Gasteiger partial charge in [0, 0.05) is 7.05 Å². The number of benzene rings is 1. The average molecular weight is 233 g/mol. The predicted molar refractivity (Wildman–Crippen MR) is 66.7 cm³/mol. The molecule has 1 aliphatic rings. The van der Waals surface area contributed by atoms with Crippen LogP contribution in [0.4, 0.5) is 0 Å². The van der Waals surface area contributed by atoms with Crippen LogP contribution >= 0.6 is 0 Å². The summed E-state index contributed by atoms with van der Waals surface area (Å²) in [4.78, 5) is 14.1. The highest BCUT2D eigenvalue weighted by Gasteiger charge is 2.52. The lowest BCUT2D eigenvalue weighted by atomic mass is 9.94. The highest BCUT2D eigenvalue weighted by molar-refractivity contribution is 5.91. The van der Waals surface area contributed by atoms with E-state index >= 15 is 0 Å². The Morgan fingerprint density at radius 3 is 2.47 bits per heavy atom. The number of carbonyl (C=O) groups excluding carboxylic acids is 1. The first kappa shape index (κ1) is 12.1. The minimum atomic E-state index is -0.320. The predicted octanol–water partition coefficient (Wildman–Crippen LogP) is 1.56. The molecule has 17 heavy (non-hydrogen) atoms. The lowest BCUT2D eigenvalue weighted by molar-refractivity contribution is -0.135. The second-order valence-corrected chi connectivity index (χ2v) is 4.90. The van der Waals surface area contributed by atoms with E-state index in [0.717, 1.165) is 18.4 Å². The van der Waals surface area contributed by atoms with Crippen molar-refractivity contribution in [3.63, 3.8) is 0 Å². The van der Waals surface area contributed by atoms with Gasteiger partial charge in [-0.1, -0.05) is 30.3 Å². The summed E-state index contributed by atoms with van der Waals surface area (Å²) in [5.74, 6) is 0.130. The van der Waals surface area contributed by atoms with E-state index in [1.807, 2.05) is 37.3 Å². The van der Waals surface area contributed by atoms with E-state index in [0.29, 0.717) is 0 Å². The second-order valence-electron chi connectivity index (χ2n) is 4.90. The number of carbonyl (C=O) groups is 1. The van der Waals surface area contributed by atoms with Crippen molar-refractivity contribution in [2.45, 2.75) is 31.2 Å². The Hall–Kier alpha value is -1.35. The molecule has 1 aliphatic carbocycles. The van der Waals surface area contributed by atoms with Crippen molar-refractivity contribution in [3.8, 4) is 0 Å². The number of likely N-dealkylation sites (N-methyl/N-ethyl adjacent to an activating group) is 1. The SMILES string of the molecule is CC(CO)N(C)C(=O)C1(c2ccccc2)CC1. The van der Waals surface area contributed by atoms with Crippen molar-refractivity contribution in [3.05, 3.63) is 35.9 Å². The molecule has 92 valence electrons. The maximum absolute atomic E-state index is 12.4. The Bertz CT molecular complexity index is 398. The molecular formula is C14H19NO2. The summed E-state index contributed by atoms with van der Waals surface area (Å²) in [5, 5.41) is 9.12. The van der Waals surface area contributed by atoms with E-state index in [1.54, 1.807) is 11.9 Å². The highest BCUT2D eigenvalue weighted by atomic mass is 16.3. The Morgan fingerprint density at radius 1 is 1.41 bits per heavy atom. The number of hydrogen-bond acceptors (Lipinski definition) is 2. The van der Waals surface area contributed by atoms with Crippen molar-refractivity contribution in [2.75, 3.05) is 13.7 Å². The van der Waals surface area contributed by atoms with Crippen molar-refractivity contribution < 1.29 is 9.90 Å². The fraction of sp³-hybridized carbons (Fsp3) is 0.500. The molecule has 1 N–H and O–H groups in total. The van der Waals surface area contributed by atoms with Crippen LogP contribution in [0.5, 0.6) is 0 Å². The Balaban J connectivity index is 2.20. The standard InChI is InChI=1S/C14H19NO2/c1-11(10-16)15(2)13(17)14(8-9-14)12-6-4-3-5-7-12/h3-7,11,16H,8-10H2,1-2H3. The summed E-state index contributed by atoms with van der Waals surface area (Å²) in [7, 11) is 1.77. The van der Waals surface area contributed by atoms with Crippen molar-refractivity contribution in [1.82, 2.24) is 4.90 Å². The molecule has 0 spiro atoms. The van der Waals surface area contributed by atoms with Crippen molar-refractivity contribution in [2.24, 2.45) is 0 Å². The maximum Gasteiger partial charge on any atom is 0.233 e. The van der Waals surface area contributed by atoms with E-state index in [4.69, 9.17) is 5.11 Å². The normalized spacial score (nSPS) is 18.5. The summed E-state index contributed by atoms with van der Waals surface area (Å²) in [6.45, 7) is 1.87. The molecule has 3 heteroatoms. The van der Waals surface area contributed by atoms with Crippen LogP contribution in [0.25, 0.3) is 0 Å². The number of rotatable bonds is 4. The molecular weight excluding hydrogens is 214 g/mol. The molecule has 0 saturated heterocycles. The van der Waals surface area contributed by atoms with Crippen molar-refractivity contribution >= 4 is 5.91 Å². The zero-order chi connectivity index (χ0) is 12.5. The lowest BCUT2D eigenvalue weighted by Gasteiger charge is -2.28. The molecule has 0 aromatic heterocycles. The van der Waals surface area contributed by atoms with Crippen molar-refractivity contribution in [1.29, 1.82) is 0 Å². The van der Waals surface area contributed by atoms with Crippen LogP contribution in [0.1, 0.15) is 25.3 Å². The zero-order valence-corrected chi connectivity index (χ0v) is 10.4. The molecule has 3 nitrogen and oxygen atoms in total. The van der Waals surface area contributed by atoms with Crippen LogP contribution in [0, 0.1) is 0 Å². The third-order valence-electron chi connectivity index (χ3n) is 3.73. The van der Waals surface area contributed by atoms with E-state index in [1.165, 1.54) is 0 Å². The van der Waals surface area contributed by atoms with Gasteiger partial charge in [0.2, 0.25) is 5.91 Å². The van der Waals surface area contributed by atoms with E-state index in [9.17, 15) is 4.79 Å². The van der Waals surface area contributed by atoms with Gasteiger partial charge in [0.1, 0.15) is 0 Å². The molecule has 0 radical (unpaired) electrons. The minimum absolute atomic E-state index is 0.00705. The summed E-state index contributed by atoms with van der Waals surface area (Å²) in [6, 6.07) is 9.81. The van der Waals surface area contributed by atoms with Gasteiger partial charge < -0.3 is 10.0 Å². The number of aliphatic hydroxyl groups is 1. The third kappa shape index (κ3) is 2.07. The van der Waals surface area contributed by atoms with Crippen LogP contribution in [-0.4, -0.2) is 35.6 Å². The number of aliphatic hydroxyl groups excluding tert-OH is 1. The second kappa shape index (κ2) is 4.49. The van der Waals surface area contributed by atoms with Gasteiger partial charge in [0.15, 0.2) is 0 Å². The molecule has 0 aliphatic heterocycles. The molecule has 0 bridgehead atoms. The summed E-state index contributed by atoms with van der Waals surface area (Å²) in [5.41, 5.74) is 0.779. The quantitative estimate of drug-likeness (QED) is 0.857. The average Bonchev–Trinajstić information content (AvgIpc) is 3.18. The minimum Gasteiger partial charge on any atom is -0.394 e. The van der Waals surface area contributed by atoms with E-state index in [-0.39, 0.29) is 24.0 Å². The molecule has 1 unspecified atom stereocenters. The van der Waals surface area contributed by atoms with Crippen LogP contribution in [0.15, 0.2) is 30.3 Å². The largest absolute Gasteiger partial charge is 0.394 e. The summed E-state index contributed by atoms with van der Waals surface area (Å²) >= 11 is 0. The van der Waals surface area contributed by atoms with E-state index < -0.39 is 0 Å². The number of hydrogen-bond donors (Lipinski definition) is 1. The van der Waals surface area contributed by atoms with Crippen LogP contribution in [0.3, 0.4) is 0 Å². The third-order valence-corrected chi connectivity index (χ3v) is 3.73. The number of nitrogens with zero attached hydrogens (tertiary/aromatic N) is 1. The van der Waals surface area contributed by atoms with Gasteiger partial charge in [0.25, 0.3) is 0 Å². The van der Waals surface area contributed by atoms with Gasteiger partial charge in [-0.3, -0.25) is 4.79 Å². The summed E-state index contributed by atoms with van der Waals surface area (Å²) < 4.78 is 0. The first-order chi connectivity index (χ1) is 8.12. The molecule has 1 aromatic carbocycles. The fourth-order valence-electron chi connectivity index (χ4n) is 2.17. The monoisotopic (exact) mass is 233 g/mol. The lowest BCUT2D eigenvalue weighted by Crippen LogP contribution is -2.43. The van der Waals surface area contributed by atoms with Gasteiger partial charge in [-0.05, 0) is 25.3 Å². The molecule has 1 saturated carbocycles. The molecule has 1 atom stereocenters. The molecule has 1 aromatic rings. The van der Waals surface area contributed by atoms with Gasteiger partial charge in [0.05, 0.1) is 18.1 Å². The van der Waals surface area contributed by atoms with E-state index in [2.05, 4.69) is 0 Å². The zero-order valence-electron chi connectivity index (χ0n) is 10.4. The number of amides is 1. The Morgan fingerprint density at radius 2 is 2.00 bits per heavy atom. The molecule has 0 heterocycles. The highest BCUT2D eigenvalue weighted by Crippen LogP contribution is 2.49. The first-order valence-corrected chi connectivity index (χ1v) is 6.05. The summed E-state index contributed by atoms with van der Waals surface area (Å²) in [6.07, 6.45) is 1.83. The smallest absolute Gasteiger partial charge is 0.233 e. The van der Waals surface area contributed by atoms with Crippen LogP contribution in [0.2, 0.25) is 0 Å².